The van der Waals surface area contributed by atoms with E-state index in [1.165, 1.54) is 6.92 Å². The Morgan fingerprint density at radius 3 is 2.35 bits per heavy atom. The van der Waals surface area contributed by atoms with Gasteiger partial charge in [-0.25, -0.2) is 0 Å². The molecule has 17 heavy (non-hydrogen) atoms. The van der Waals surface area contributed by atoms with Gasteiger partial charge in [0, 0.05) is 25.6 Å². The lowest BCUT2D eigenvalue weighted by molar-refractivity contribution is -0.119. The summed E-state index contributed by atoms with van der Waals surface area (Å²) in [5.74, 6) is -0.306. The van der Waals surface area contributed by atoms with Crippen molar-refractivity contribution in [1.29, 1.82) is 0 Å². The van der Waals surface area contributed by atoms with Crippen LogP contribution in [0.25, 0.3) is 0 Å². The predicted molar refractivity (Wildman–Crippen MR) is 63.4 cm³/mol. The van der Waals surface area contributed by atoms with Crippen LogP contribution >= 0.6 is 0 Å². The highest BCUT2D eigenvalue weighted by atomic mass is 16.3. The van der Waals surface area contributed by atoms with Crippen LogP contribution in [0.3, 0.4) is 0 Å². The van der Waals surface area contributed by atoms with Crippen molar-refractivity contribution in [2.24, 2.45) is 0 Å². The number of benzene rings is 1. The molecular formula is C12H16N2O3. The highest BCUT2D eigenvalue weighted by Gasteiger charge is 2.04. The summed E-state index contributed by atoms with van der Waals surface area (Å²) in [6.07, 6.45) is 0. The average molecular weight is 236 g/mol. The molecule has 0 atom stereocenters. The Hall–Kier alpha value is -1.88. The van der Waals surface area contributed by atoms with Gasteiger partial charge in [-0.15, -0.1) is 0 Å². The number of aliphatic hydroxyl groups excluding tert-OH is 1. The molecule has 0 radical (unpaired) electrons. The van der Waals surface area contributed by atoms with Gasteiger partial charge in [0.2, 0.25) is 5.91 Å². The molecule has 3 N–H and O–H groups in total. The molecule has 5 heteroatoms. The number of carbonyl (C=O) groups excluding carboxylic acids is 2. The third kappa shape index (κ3) is 4.65. The SMILES string of the molecule is CC(=O)NCc1ccc(C(=O)NCCO)cc1. The van der Waals surface area contributed by atoms with Crippen LogP contribution in [-0.2, 0) is 11.3 Å². The molecule has 92 valence electrons. The third-order valence-electron chi connectivity index (χ3n) is 2.15. The first kappa shape index (κ1) is 13.2. The first-order valence-corrected chi connectivity index (χ1v) is 5.36. The first-order valence-electron chi connectivity index (χ1n) is 5.36. The molecule has 5 nitrogen and oxygen atoms in total. The van der Waals surface area contributed by atoms with Crippen LogP contribution in [0.5, 0.6) is 0 Å². The van der Waals surface area contributed by atoms with E-state index < -0.39 is 0 Å². The van der Waals surface area contributed by atoms with Gasteiger partial charge < -0.3 is 15.7 Å². The van der Waals surface area contributed by atoms with Crippen molar-refractivity contribution in [3.8, 4) is 0 Å². The van der Waals surface area contributed by atoms with Gasteiger partial charge in [-0.3, -0.25) is 9.59 Å². The number of hydrogen-bond donors (Lipinski definition) is 3. The number of hydrogen-bond acceptors (Lipinski definition) is 3. The second-order valence-corrected chi connectivity index (χ2v) is 3.59. The van der Waals surface area contributed by atoms with E-state index in [9.17, 15) is 9.59 Å². The van der Waals surface area contributed by atoms with Gasteiger partial charge in [-0.2, -0.15) is 0 Å². The zero-order valence-corrected chi connectivity index (χ0v) is 9.69. The molecule has 1 aromatic carbocycles. The normalized spacial score (nSPS) is 9.76. The minimum absolute atomic E-state index is 0.0770. The molecule has 1 aromatic rings. The topological polar surface area (TPSA) is 78.4 Å². The summed E-state index contributed by atoms with van der Waals surface area (Å²) in [6.45, 7) is 2.07. The standard InChI is InChI=1S/C12H16N2O3/c1-9(16)14-8-10-2-4-11(5-3-10)12(17)13-6-7-15/h2-5,15H,6-8H2,1H3,(H,13,17)(H,14,16). The zero-order valence-electron chi connectivity index (χ0n) is 9.69. The molecule has 0 saturated carbocycles. The van der Waals surface area contributed by atoms with Crippen molar-refractivity contribution < 1.29 is 14.7 Å². The van der Waals surface area contributed by atoms with E-state index >= 15 is 0 Å². The summed E-state index contributed by atoms with van der Waals surface area (Å²) >= 11 is 0. The van der Waals surface area contributed by atoms with Gasteiger partial charge in [-0.05, 0) is 17.7 Å². The summed E-state index contributed by atoms with van der Waals surface area (Å²) in [4.78, 5) is 22.2. The van der Waals surface area contributed by atoms with E-state index in [-0.39, 0.29) is 25.0 Å². The largest absolute Gasteiger partial charge is 0.395 e. The molecule has 0 aliphatic heterocycles. The Bertz CT molecular complexity index is 387. The highest BCUT2D eigenvalue weighted by Crippen LogP contribution is 2.04. The molecule has 0 heterocycles. The second-order valence-electron chi connectivity index (χ2n) is 3.59. The van der Waals surface area contributed by atoms with Crippen molar-refractivity contribution >= 4 is 11.8 Å². The number of aliphatic hydroxyl groups is 1. The number of carbonyl (C=O) groups is 2. The highest BCUT2D eigenvalue weighted by molar-refractivity contribution is 5.94. The van der Waals surface area contributed by atoms with Crippen LogP contribution in [0.15, 0.2) is 24.3 Å². The second kappa shape index (κ2) is 6.65. The van der Waals surface area contributed by atoms with E-state index in [2.05, 4.69) is 10.6 Å². The van der Waals surface area contributed by atoms with Crippen molar-refractivity contribution in [1.82, 2.24) is 10.6 Å². The quantitative estimate of drug-likeness (QED) is 0.675. The maximum absolute atomic E-state index is 11.5. The van der Waals surface area contributed by atoms with E-state index in [4.69, 9.17) is 5.11 Å². The average Bonchev–Trinajstić information content (AvgIpc) is 2.34. The number of rotatable bonds is 5. The van der Waals surface area contributed by atoms with Crippen LogP contribution in [0.4, 0.5) is 0 Å². The number of nitrogens with one attached hydrogen (secondary N) is 2. The minimum Gasteiger partial charge on any atom is -0.395 e. The van der Waals surface area contributed by atoms with Crippen molar-refractivity contribution in [3.63, 3.8) is 0 Å². The molecule has 0 aromatic heterocycles. The molecule has 0 aliphatic rings. The molecule has 0 aliphatic carbocycles. The van der Waals surface area contributed by atoms with Crippen LogP contribution < -0.4 is 10.6 Å². The summed E-state index contributed by atoms with van der Waals surface area (Å²) in [5.41, 5.74) is 1.46. The van der Waals surface area contributed by atoms with Gasteiger partial charge in [0.05, 0.1) is 6.61 Å². The summed E-state index contributed by atoms with van der Waals surface area (Å²) in [6, 6.07) is 6.93. The lowest BCUT2D eigenvalue weighted by atomic mass is 10.1. The smallest absolute Gasteiger partial charge is 0.251 e. The molecule has 0 unspecified atom stereocenters. The Morgan fingerprint density at radius 1 is 1.18 bits per heavy atom. The van der Waals surface area contributed by atoms with E-state index in [0.29, 0.717) is 12.1 Å². The predicted octanol–water partition coefficient (Wildman–Crippen LogP) is 0.0448. The fourth-order valence-corrected chi connectivity index (χ4v) is 1.27. The van der Waals surface area contributed by atoms with Gasteiger partial charge in [-0.1, -0.05) is 12.1 Å². The van der Waals surface area contributed by atoms with Gasteiger partial charge in [0.15, 0.2) is 0 Å². The minimum atomic E-state index is -0.217. The molecule has 0 spiro atoms. The van der Waals surface area contributed by atoms with Crippen LogP contribution in [0.2, 0.25) is 0 Å². The maximum Gasteiger partial charge on any atom is 0.251 e. The Kier molecular flexibility index (Phi) is 5.16. The fraction of sp³-hybridized carbons (Fsp3) is 0.333. The Morgan fingerprint density at radius 2 is 1.82 bits per heavy atom. The lowest BCUT2D eigenvalue weighted by Crippen LogP contribution is -2.26. The molecular weight excluding hydrogens is 220 g/mol. The van der Waals surface area contributed by atoms with E-state index in [1.54, 1.807) is 24.3 Å². The summed E-state index contributed by atoms with van der Waals surface area (Å²) in [5, 5.41) is 13.8. The van der Waals surface area contributed by atoms with Crippen LogP contribution in [0.1, 0.15) is 22.8 Å². The van der Waals surface area contributed by atoms with E-state index in [1.807, 2.05) is 0 Å². The molecule has 1 rings (SSSR count). The Labute approximate surface area is 99.8 Å². The van der Waals surface area contributed by atoms with Gasteiger partial charge >= 0.3 is 0 Å². The summed E-state index contributed by atoms with van der Waals surface area (Å²) in [7, 11) is 0. The monoisotopic (exact) mass is 236 g/mol. The van der Waals surface area contributed by atoms with Crippen LogP contribution in [0, 0.1) is 0 Å². The zero-order chi connectivity index (χ0) is 12.7. The maximum atomic E-state index is 11.5. The van der Waals surface area contributed by atoms with Gasteiger partial charge in [0.1, 0.15) is 0 Å². The number of amides is 2. The summed E-state index contributed by atoms with van der Waals surface area (Å²) < 4.78 is 0. The Balaban J connectivity index is 2.55. The fourth-order valence-electron chi connectivity index (χ4n) is 1.27. The first-order chi connectivity index (χ1) is 8.13. The van der Waals surface area contributed by atoms with Crippen molar-refractivity contribution in [2.45, 2.75) is 13.5 Å². The lowest BCUT2D eigenvalue weighted by Gasteiger charge is -2.05. The third-order valence-corrected chi connectivity index (χ3v) is 2.15. The van der Waals surface area contributed by atoms with Crippen LogP contribution in [-0.4, -0.2) is 30.1 Å². The van der Waals surface area contributed by atoms with Crippen molar-refractivity contribution in [2.75, 3.05) is 13.2 Å². The molecule has 0 fully saturated rings. The molecule has 0 saturated heterocycles. The van der Waals surface area contributed by atoms with Crippen molar-refractivity contribution in [3.05, 3.63) is 35.4 Å². The molecule has 2 amide bonds. The van der Waals surface area contributed by atoms with E-state index in [0.717, 1.165) is 5.56 Å². The molecule has 0 bridgehead atoms. The van der Waals surface area contributed by atoms with Gasteiger partial charge in [0.25, 0.3) is 5.91 Å².